The van der Waals surface area contributed by atoms with E-state index in [-0.39, 0.29) is 0 Å². The second-order valence-corrected chi connectivity index (χ2v) is 3.89. The molecule has 15 heavy (non-hydrogen) atoms. The van der Waals surface area contributed by atoms with Crippen molar-refractivity contribution in [3.63, 3.8) is 0 Å². The van der Waals surface area contributed by atoms with E-state index < -0.39 is 0 Å². The molecule has 1 saturated heterocycles. The summed E-state index contributed by atoms with van der Waals surface area (Å²) in [5, 5.41) is 3.23. The Hall–Kier alpha value is -1.06. The molecule has 1 aromatic carbocycles. The van der Waals surface area contributed by atoms with Crippen molar-refractivity contribution in [1.82, 2.24) is 5.32 Å². The first-order valence-corrected chi connectivity index (χ1v) is 5.30. The molecule has 0 amide bonds. The molecule has 0 unspecified atom stereocenters. The van der Waals surface area contributed by atoms with E-state index in [1.807, 2.05) is 24.3 Å². The van der Waals surface area contributed by atoms with Gasteiger partial charge in [0.1, 0.15) is 5.75 Å². The lowest BCUT2D eigenvalue weighted by Gasteiger charge is -2.26. The van der Waals surface area contributed by atoms with E-state index in [9.17, 15) is 0 Å². The van der Waals surface area contributed by atoms with Gasteiger partial charge in [0.05, 0.1) is 20.3 Å². The molecule has 1 heterocycles. The second kappa shape index (κ2) is 5.14. The molecule has 1 aliphatic heterocycles. The van der Waals surface area contributed by atoms with Crippen molar-refractivity contribution in [3.8, 4) is 5.75 Å². The minimum Gasteiger partial charge on any atom is -0.497 e. The van der Waals surface area contributed by atoms with Crippen LogP contribution in [0.5, 0.6) is 5.75 Å². The van der Waals surface area contributed by atoms with E-state index in [1.165, 1.54) is 5.56 Å². The first-order chi connectivity index (χ1) is 7.38. The molecule has 0 atom stereocenters. The number of ether oxygens (including phenoxy) is 2. The van der Waals surface area contributed by atoms with Gasteiger partial charge < -0.3 is 14.8 Å². The van der Waals surface area contributed by atoms with Crippen LogP contribution in [0.3, 0.4) is 0 Å². The summed E-state index contributed by atoms with van der Waals surface area (Å²) in [6, 6.07) is 8.00. The molecular weight excluding hydrogens is 190 g/mol. The first kappa shape index (κ1) is 10.5. The van der Waals surface area contributed by atoms with Gasteiger partial charge in [0.2, 0.25) is 0 Å². The average molecular weight is 207 g/mol. The van der Waals surface area contributed by atoms with Crippen LogP contribution in [-0.4, -0.2) is 26.8 Å². The Balaban J connectivity index is 1.72. The van der Waals surface area contributed by atoms with Crippen LogP contribution in [0.25, 0.3) is 0 Å². The van der Waals surface area contributed by atoms with E-state index >= 15 is 0 Å². The fourth-order valence-electron chi connectivity index (χ4n) is 1.53. The highest BCUT2D eigenvalue weighted by molar-refractivity contribution is 5.26. The maximum Gasteiger partial charge on any atom is 0.118 e. The molecule has 0 saturated carbocycles. The Morgan fingerprint density at radius 2 is 2.00 bits per heavy atom. The maximum atomic E-state index is 5.62. The van der Waals surface area contributed by atoms with Crippen molar-refractivity contribution in [2.75, 3.05) is 26.8 Å². The molecule has 0 aliphatic carbocycles. The highest BCUT2D eigenvalue weighted by Crippen LogP contribution is 2.12. The normalized spacial score (nSPS) is 16.1. The fraction of sp³-hybridized carbons (Fsp3) is 0.500. The third-order valence-corrected chi connectivity index (χ3v) is 2.65. The van der Waals surface area contributed by atoms with Crippen molar-refractivity contribution in [2.45, 2.75) is 6.61 Å². The largest absolute Gasteiger partial charge is 0.497 e. The molecule has 3 heteroatoms. The van der Waals surface area contributed by atoms with Gasteiger partial charge in [-0.2, -0.15) is 0 Å². The van der Waals surface area contributed by atoms with Crippen LogP contribution in [0.1, 0.15) is 5.56 Å². The zero-order chi connectivity index (χ0) is 10.5. The van der Waals surface area contributed by atoms with E-state index in [1.54, 1.807) is 7.11 Å². The van der Waals surface area contributed by atoms with Gasteiger partial charge in [-0.05, 0) is 17.7 Å². The van der Waals surface area contributed by atoms with Crippen LogP contribution >= 0.6 is 0 Å². The smallest absolute Gasteiger partial charge is 0.118 e. The zero-order valence-corrected chi connectivity index (χ0v) is 9.03. The molecule has 1 aliphatic rings. The summed E-state index contributed by atoms with van der Waals surface area (Å²) in [6.07, 6.45) is 0. The summed E-state index contributed by atoms with van der Waals surface area (Å²) < 4.78 is 10.7. The Kier molecular flexibility index (Phi) is 3.59. The number of methoxy groups -OCH3 is 1. The summed E-state index contributed by atoms with van der Waals surface area (Å²) in [7, 11) is 1.68. The van der Waals surface area contributed by atoms with Crippen LogP contribution in [0.15, 0.2) is 24.3 Å². The number of rotatable bonds is 5. The Bertz CT molecular complexity index is 293. The molecule has 3 nitrogen and oxygen atoms in total. The zero-order valence-electron chi connectivity index (χ0n) is 9.03. The summed E-state index contributed by atoms with van der Waals surface area (Å²) in [4.78, 5) is 0. The Labute approximate surface area is 90.4 Å². The minimum absolute atomic E-state index is 0.695. The quantitative estimate of drug-likeness (QED) is 0.792. The Morgan fingerprint density at radius 1 is 1.27 bits per heavy atom. The monoisotopic (exact) mass is 207 g/mol. The van der Waals surface area contributed by atoms with Crippen LogP contribution in [0, 0.1) is 5.92 Å². The highest BCUT2D eigenvalue weighted by atomic mass is 16.5. The molecule has 0 aromatic heterocycles. The highest BCUT2D eigenvalue weighted by Gasteiger charge is 2.16. The standard InChI is InChI=1S/C12H17NO2/c1-14-12-4-2-10(3-5-12)8-15-9-11-6-13-7-11/h2-5,11,13H,6-9H2,1H3. The summed E-state index contributed by atoms with van der Waals surface area (Å²) in [6.45, 7) is 3.75. The van der Waals surface area contributed by atoms with Crippen molar-refractivity contribution in [2.24, 2.45) is 5.92 Å². The number of benzene rings is 1. The minimum atomic E-state index is 0.695. The lowest BCUT2D eigenvalue weighted by atomic mass is 10.1. The van der Waals surface area contributed by atoms with Crippen LogP contribution < -0.4 is 10.1 Å². The van der Waals surface area contributed by atoms with Crippen molar-refractivity contribution in [1.29, 1.82) is 0 Å². The van der Waals surface area contributed by atoms with Crippen molar-refractivity contribution in [3.05, 3.63) is 29.8 Å². The van der Waals surface area contributed by atoms with Crippen molar-refractivity contribution >= 4 is 0 Å². The van der Waals surface area contributed by atoms with Gasteiger partial charge in [-0.1, -0.05) is 12.1 Å². The molecule has 1 N–H and O–H groups in total. The molecule has 0 radical (unpaired) electrons. The fourth-order valence-corrected chi connectivity index (χ4v) is 1.53. The predicted molar refractivity (Wildman–Crippen MR) is 59.0 cm³/mol. The Morgan fingerprint density at radius 3 is 2.53 bits per heavy atom. The van der Waals surface area contributed by atoms with Crippen molar-refractivity contribution < 1.29 is 9.47 Å². The van der Waals surface area contributed by atoms with Crippen LogP contribution in [0.4, 0.5) is 0 Å². The van der Waals surface area contributed by atoms with E-state index in [2.05, 4.69) is 5.32 Å². The van der Waals surface area contributed by atoms with Gasteiger partial charge in [0, 0.05) is 19.0 Å². The third kappa shape index (κ3) is 2.94. The topological polar surface area (TPSA) is 30.5 Å². The third-order valence-electron chi connectivity index (χ3n) is 2.65. The summed E-state index contributed by atoms with van der Waals surface area (Å²) in [5.74, 6) is 1.60. The molecule has 2 rings (SSSR count). The van der Waals surface area contributed by atoms with E-state index in [4.69, 9.17) is 9.47 Å². The molecule has 82 valence electrons. The van der Waals surface area contributed by atoms with Gasteiger partial charge in [-0.25, -0.2) is 0 Å². The first-order valence-electron chi connectivity index (χ1n) is 5.30. The molecule has 1 aromatic rings. The summed E-state index contributed by atoms with van der Waals surface area (Å²) >= 11 is 0. The van der Waals surface area contributed by atoms with Gasteiger partial charge in [-0.3, -0.25) is 0 Å². The molecular formula is C12H17NO2. The lowest BCUT2D eigenvalue weighted by molar-refractivity contribution is 0.0689. The second-order valence-electron chi connectivity index (χ2n) is 3.89. The number of hydrogen-bond donors (Lipinski definition) is 1. The van der Waals surface area contributed by atoms with Gasteiger partial charge >= 0.3 is 0 Å². The van der Waals surface area contributed by atoms with Crippen LogP contribution in [0.2, 0.25) is 0 Å². The number of nitrogens with one attached hydrogen (secondary N) is 1. The number of hydrogen-bond acceptors (Lipinski definition) is 3. The van der Waals surface area contributed by atoms with E-state index in [0.717, 1.165) is 25.4 Å². The molecule has 1 fully saturated rings. The summed E-state index contributed by atoms with van der Waals surface area (Å²) in [5.41, 5.74) is 1.20. The van der Waals surface area contributed by atoms with Crippen LogP contribution in [-0.2, 0) is 11.3 Å². The van der Waals surface area contributed by atoms with E-state index in [0.29, 0.717) is 12.5 Å². The molecule has 0 spiro atoms. The SMILES string of the molecule is COc1ccc(COCC2CNC2)cc1. The van der Waals surface area contributed by atoms with Gasteiger partial charge in [0.15, 0.2) is 0 Å². The van der Waals surface area contributed by atoms with Gasteiger partial charge in [-0.15, -0.1) is 0 Å². The predicted octanol–water partition coefficient (Wildman–Crippen LogP) is 1.43. The maximum absolute atomic E-state index is 5.62. The van der Waals surface area contributed by atoms with Gasteiger partial charge in [0.25, 0.3) is 0 Å². The lowest BCUT2D eigenvalue weighted by Crippen LogP contribution is -2.44. The molecule has 0 bridgehead atoms. The average Bonchev–Trinajstić information content (AvgIpc) is 2.23.